The zero-order chi connectivity index (χ0) is 46.2. The maximum Gasteiger partial charge on any atom is 0.179 e. The van der Waals surface area contributed by atoms with Crippen LogP contribution >= 0.6 is 0 Å². The Bertz CT molecular complexity index is 4110. The molecular weight excluding hydrogens is 863 g/mol. The van der Waals surface area contributed by atoms with Crippen LogP contribution in [0.25, 0.3) is 93.6 Å². The van der Waals surface area contributed by atoms with Crippen molar-refractivity contribution >= 4 is 94.2 Å². The second-order valence-corrected chi connectivity index (χ2v) is 22.3. The van der Waals surface area contributed by atoms with Crippen LogP contribution in [0, 0.1) is 0 Å². The Balaban J connectivity index is 1.08. The zero-order valence-corrected chi connectivity index (χ0v) is 39.3. The summed E-state index contributed by atoms with van der Waals surface area (Å²) in [6.07, 6.45) is 0. The number of aromatic nitrogens is 3. The van der Waals surface area contributed by atoms with Gasteiger partial charge >= 0.3 is 0 Å². The van der Waals surface area contributed by atoms with E-state index in [0.717, 1.165) is 28.1 Å². The number of rotatable bonds is 8. The number of para-hydroxylation sites is 3. The van der Waals surface area contributed by atoms with Gasteiger partial charge in [-0.2, -0.15) is 0 Å². The SMILES string of the molecule is c1ccc(-c2ccc(-n3c4ccccc4c4ccc(-n5c6cc(-n7c8ccccc8c8ccccc87)ccc6c6ccc([Si](c7ccccc7)(c7ccccc7)c7ccccc7)cc65)cc43)cc2)cc1. The van der Waals surface area contributed by atoms with Crippen LogP contribution in [-0.2, 0) is 0 Å². The third-order valence-electron chi connectivity index (χ3n) is 14.8. The second kappa shape index (κ2) is 16.1. The van der Waals surface area contributed by atoms with E-state index < -0.39 is 8.07 Å². The summed E-state index contributed by atoms with van der Waals surface area (Å²) in [6.45, 7) is 0. The zero-order valence-electron chi connectivity index (χ0n) is 38.3. The van der Waals surface area contributed by atoms with Crippen molar-refractivity contribution in [2.45, 2.75) is 0 Å². The Hall–Kier alpha value is -8.96. The first-order valence-electron chi connectivity index (χ1n) is 24.2. The summed E-state index contributed by atoms with van der Waals surface area (Å²) in [6, 6.07) is 101. The summed E-state index contributed by atoms with van der Waals surface area (Å²) in [7, 11) is -2.88. The van der Waals surface area contributed by atoms with E-state index in [-0.39, 0.29) is 0 Å². The van der Waals surface area contributed by atoms with Gasteiger partial charge in [0, 0.05) is 49.4 Å². The first kappa shape index (κ1) is 40.1. The summed E-state index contributed by atoms with van der Waals surface area (Å²) in [5.41, 5.74) is 12.9. The van der Waals surface area contributed by atoms with Crippen LogP contribution in [0.4, 0.5) is 0 Å². The average Bonchev–Trinajstić information content (AvgIpc) is 4.07. The van der Waals surface area contributed by atoms with Crippen LogP contribution in [-0.4, -0.2) is 21.8 Å². The average molecular weight is 908 g/mol. The summed E-state index contributed by atoms with van der Waals surface area (Å²) in [4.78, 5) is 0. The number of nitrogens with zero attached hydrogens (tertiary/aromatic N) is 3. The van der Waals surface area contributed by atoms with Crippen molar-refractivity contribution in [1.29, 1.82) is 0 Å². The molecule has 0 atom stereocenters. The maximum atomic E-state index is 2.55. The molecule has 4 heteroatoms. The molecule has 3 aromatic heterocycles. The number of hydrogen-bond donors (Lipinski definition) is 0. The standard InChI is InChI=1S/C66H45N3Si/c1-5-19-46(20-6-1)47-33-35-48(36-34-47)67-61-30-16-15-29-57(61)58-40-38-50(44-64(58)67)69-65-43-49(68-62-31-17-13-27-55(62)56-28-14-18-32-63(56)68)37-41-59(65)60-42-39-54(45-66(60)69)70(51-21-7-2-8-22-51,52-23-9-3-10-24-52)53-25-11-4-12-26-53/h1-45H. The Labute approximate surface area is 407 Å². The molecule has 0 unspecified atom stereocenters. The molecule has 0 amide bonds. The van der Waals surface area contributed by atoms with Crippen molar-refractivity contribution < 1.29 is 0 Å². The van der Waals surface area contributed by atoms with Gasteiger partial charge in [-0.15, -0.1) is 0 Å². The van der Waals surface area contributed by atoms with Gasteiger partial charge in [0.05, 0.1) is 33.1 Å². The van der Waals surface area contributed by atoms with Crippen LogP contribution in [0.3, 0.4) is 0 Å². The van der Waals surface area contributed by atoms with E-state index in [9.17, 15) is 0 Å². The van der Waals surface area contributed by atoms with Gasteiger partial charge in [-0.3, -0.25) is 0 Å². The molecule has 0 saturated carbocycles. The monoisotopic (exact) mass is 907 g/mol. The van der Waals surface area contributed by atoms with Gasteiger partial charge in [0.1, 0.15) is 0 Å². The molecule has 0 bridgehead atoms. The first-order chi connectivity index (χ1) is 34.7. The molecule has 3 heterocycles. The minimum atomic E-state index is -2.88. The molecular formula is C66H45N3Si. The van der Waals surface area contributed by atoms with Crippen molar-refractivity contribution in [3.63, 3.8) is 0 Å². The fraction of sp³-hybridized carbons (Fsp3) is 0. The van der Waals surface area contributed by atoms with Crippen LogP contribution in [0.1, 0.15) is 0 Å². The summed E-state index contributed by atoms with van der Waals surface area (Å²) in [5.74, 6) is 0. The molecule has 14 aromatic rings. The normalized spacial score (nSPS) is 12.0. The van der Waals surface area contributed by atoms with E-state index in [1.54, 1.807) is 0 Å². The van der Waals surface area contributed by atoms with E-state index >= 15 is 0 Å². The van der Waals surface area contributed by atoms with Crippen LogP contribution in [0.5, 0.6) is 0 Å². The van der Waals surface area contributed by atoms with Gasteiger partial charge in [-0.25, -0.2) is 0 Å². The minimum absolute atomic E-state index is 1.11. The highest BCUT2D eigenvalue weighted by atomic mass is 28.3. The lowest BCUT2D eigenvalue weighted by Gasteiger charge is -2.34. The summed E-state index contributed by atoms with van der Waals surface area (Å²) < 4.78 is 7.44. The quantitative estimate of drug-likeness (QED) is 0.107. The number of hydrogen-bond acceptors (Lipinski definition) is 0. The Kier molecular flexibility index (Phi) is 9.23. The van der Waals surface area contributed by atoms with E-state index in [1.807, 2.05) is 0 Å². The molecule has 70 heavy (non-hydrogen) atoms. The van der Waals surface area contributed by atoms with Crippen molar-refractivity contribution in [3.05, 3.63) is 273 Å². The predicted octanol–water partition coefficient (Wildman–Crippen LogP) is 14.0. The summed E-state index contributed by atoms with van der Waals surface area (Å²) >= 11 is 0. The van der Waals surface area contributed by atoms with E-state index in [2.05, 4.69) is 287 Å². The van der Waals surface area contributed by atoms with Gasteiger partial charge in [0.25, 0.3) is 0 Å². The van der Waals surface area contributed by atoms with E-state index in [0.29, 0.717) is 0 Å². The van der Waals surface area contributed by atoms with Crippen molar-refractivity contribution in [3.8, 4) is 28.2 Å². The molecule has 328 valence electrons. The van der Waals surface area contributed by atoms with Gasteiger partial charge in [-0.1, -0.05) is 212 Å². The van der Waals surface area contributed by atoms with Crippen molar-refractivity contribution in [2.75, 3.05) is 0 Å². The number of benzene rings is 11. The fourth-order valence-corrected chi connectivity index (χ4v) is 16.5. The third-order valence-corrected chi connectivity index (χ3v) is 19.6. The second-order valence-electron chi connectivity index (χ2n) is 18.5. The maximum absolute atomic E-state index is 2.88. The molecule has 0 spiro atoms. The smallest absolute Gasteiger partial charge is 0.179 e. The predicted molar refractivity (Wildman–Crippen MR) is 299 cm³/mol. The summed E-state index contributed by atoms with van der Waals surface area (Å²) in [5, 5.41) is 12.8. The lowest BCUT2D eigenvalue weighted by atomic mass is 10.1. The first-order valence-corrected chi connectivity index (χ1v) is 26.2. The number of fused-ring (bicyclic) bond motifs is 9. The minimum Gasteiger partial charge on any atom is -0.309 e. The fourth-order valence-electron chi connectivity index (χ4n) is 11.7. The molecule has 14 rings (SSSR count). The topological polar surface area (TPSA) is 14.8 Å². The lowest BCUT2D eigenvalue weighted by Crippen LogP contribution is -2.74. The highest BCUT2D eigenvalue weighted by molar-refractivity contribution is 7.20. The Morgan fingerprint density at radius 1 is 0.200 bits per heavy atom. The molecule has 0 saturated heterocycles. The van der Waals surface area contributed by atoms with Crippen LogP contribution in [0.2, 0.25) is 0 Å². The molecule has 0 N–H and O–H groups in total. The Morgan fingerprint density at radius 3 is 0.971 bits per heavy atom. The molecule has 0 fully saturated rings. The lowest BCUT2D eigenvalue weighted by molar-refractivity contribution is 1.15. The molecule has 0 radical (unpaired) electrons. The van der Waals surface area contributed by atoms with Gasteiger partial charge < -0.3 is 13.7 Å². The molecule has 11 aromatic carbocycles. The highest BCUT2D eigenvalue weighted by Gasteiger charge is 2.41. The highest BCUT2D eigenvalue weighted by Crippen LogP contribution is 2.39. The van der Waals surface area contributed by atoms with Crippen LogP contribution in [0.15, 0.2) is 273 Å². The van der Waals surface area contributed by atoms with E-state index in [1.165, 1.54) is 86.3 Å². The van der Waals surface area contributed by atoms with Gasteiger partial charge in [0.15, 0.2) is 8.07 Å². The third kappa shape index (κ3) is 6.07. The van der Waals surface area contributed by atoms with Crippen LogP contribution < -0.4 is 20.7 Å². The molecule has 0 aliphatic carbocycles. The Morgan fingerprint density at radius 2 is 0.514 bits per heavy atom. The molecule has 0 aliphatic rings. The van der Waals surface area contributed by atoms with Gasteiger partial charge in [-0.05, 0) is 92.5 Å². The van der Waals surface area contributed by atoms with Crippen molar-refractivity contribution in [1.82, 2.24) is 13.7 Å². The van der Waals surface area contributed by atoms with E-state index in [4.69, 9.17) is 0 Å². The largest absolute Gasteiger partial charge is 0.309 e. The van der Waals surface area contributed by atoms with Gasteiger partial charge in [0.2, 0.25) is 0 Å². The van der Waals surface area contributed by atoms with Crippen molar-refractivity contribution in [2.24, 2.45) is 0 Å². The molecule has 0 aliphatic heterocycles. The molecule has 3 nitrogen and oxygen atoms in total.